The summed E-state index contributed by atoms with van der Waals surface area (Å²) < 4.78 is 12.8. The Hall–Kier alpha value is -2.05. The quantitative estimate of drug-likeness (QED) is 0.771. The number of hydrogen-bond donors (Lipinski definition) is 1. The molecule has 2 aromatic heterocycles. The second-order valence-electron chi connectivity index (χ2n) is 4.68. The molecular formula is C16H13FN2OS2. The van der Waals surface area contributed by atoms with E-state index in [0.717, 1.165) is 21.0 Å². The molecule has 1 N–H and O–H groups in total. The van der Waals surface area contributed by atoms with Crippen molar-refractivity contribution in [2.75, 3.05) is 0 Å². The summed E-state index contributed by atoms with van der Waals surface area (Å²) in [5, 5.41) is 4.84. The van der Waals surface area contributed by atoms with Gasteiger partial charge in [-0.25, -0.2) is 9.37 Å². The smallest absolute Gasteiger partial charge is 0.225 e. The Morgan fingerprint density at radius 3 is 2.73 bits per heavy atom. The predicted octanol–water partition coefficient (Wildman–Crippen LogP) is 3.87. The zero-order valence-corrected chi connectivity index (χ0v) is 13.2. The number of halogens is 1. The summed E-state index contributed by atoms with van der Waals surface area (Å²) in [6.07, 6.45) is 0.305. The SMILES string of the molecule is O=C(Cc1scnc1-c1cccs1)NCc1ccc(F)cc1. The van der Waals surface area contributed by atoms with Gasteiger partial charge in [-0.2, -0.15) is 0 Å². The van der Waals surface area contributed by atoms with Crippen molar-refractivity contribution in [1.82, 2.24) is 10.3 Å². The van der Waals surface area contributed by atoms with Crippen LogP contribution in [0.5, 0.6) is 0 Å². The highest BCUT2D eigenvalue weighted by Crippen LogP contribution is 2.29. The Morgan fingerprint density at radius 2 is 2.00 bits per heavy atom. The highest BCUT2D eigenvalue weighted by Gasteiger charge is 2.13. The molecule has 0 aliphatic heterocycles. The summed E-state index contributed by atoms with van der Waals surface area (Å²) in [4.78, 5) is 18.4. The van der Waals surface area contributed by atoms with E-state index in [0.29, 0.717) is 13.0 Å². The van der Waals surface area contributed by atoms with E-state index in [1.807, 2.05) is 17.5 Å². The number of nitrogens with zero attached hydrogens (tertiary/aromatic N) is 1. The highest BCUT2D eigenvalue weighted by atomic mass is 32.1. The fourth-order valence-electron chi connectivity index (χ4n) is 2.02. The average Bonchev–Trinajstić information content (AvgIpc) is 3.17. The third-order valence-electron chi connectivity index (χ3n) is 3.12. The Balaban J connectivity index is 1.61. The van der Waals surface area contributed by atoms with Gasteiger partial charge < -0.3 is 5.32 Å². The van der Waals surface area contributed by atoms with Crippen molar-refractivity contribution >= 4 is 28.6 Å². The zero-order valence-electron chi connectivity index (χ0n) is 11.6. The van der Waals surface area contributed by atoms with Crippen molar-refractivity contribution in [3.05, 3.63) is 63.5 Å². The van der Waals surface area contributed by atoms with Crippen LogP contribution in [0.2, 0.25) is 0 Å². The summed E-state index contributed by atoms with van der Waals surface area (Å²) in [7, 11) is 0. The number of carbonyl (C=O) groups excluding carboxylic acids is 1. The molecule has 0 spiro atoms. The van der Waals surface area contributed by atoms with Crippen molar-refractivity contribution in [3.63, 3.8) is 0 Å². The first-order chi connectivity index (χ1) is 10.7. The van der Waals surface area contributed by atoms with Crippen LogP contribution in [-0.2, 0) is 17.8 Å². The number of thiazole rings is 1. The van der Waals surface area contributed by atoms with Gasteiger partial charge in [-0.1, -0.05) is 18.2 Å². The van der Waals surface area contributed by atoms with E-state index in [1.165, 1.54) is 23.5 Å². The molecule has 0 saturated heterocycles. The van der Waals surface area contributed by atoms with Gasteiger partial charge in [0.25, 0.3) is 0 Å². The van der Waals surface area contributed by atoms with Gasteiger partial charge in [0.05, 0.1) is 22.5 Å². The van der Waals surface area contributed by atoms with E-state index in [1.54, 1.807) is 29.0 Å². The lowest BCUT2D eigenvalue weighted by atomic mass is 10.2. The van der Waals surface area contributed by atoms with E-state index in [9.17, 15) is 9.18 Å². The lowest BCUT2D eigenvalue weighted by Crippen LogP contribution is -2.24. The Bertz CT molecular complexity index is 751. The number of benzene rings is 1. The van der Waals surface area contributed by atoms with Crippen LogP contribution in [0.25, 0.3) is 10.6 Å². The van der Waals surface area contributed by atoms with E-state index >= 15 is 0 Å². The van der Waals surface area contributed by atoms with E-state index in [-0.39, 0.29) is 11.7 Å². The van der Waals surface area contributed by atoms with E-state index < -0.39 is 0 Å². The molecule has 2 heterocycles. The fraction of sp³-hybridized carbons (Fsp3) is 0.125. The number of amides is 1. The largest absolute Gasteiger partial charge is 0.352 e. The summed E-state index contributed by atoms with van der Waals surface area (Å²) in [6, 6.07) is 10.1. The minimum absolute atomic E-state index is 0.0635. The van der Waals surface area contributed by atoms with Crippen molar-refractivity contribution < 1.29 is 9.18 Å². The molecule has 3 aromatic rings. The lowest BCUT2D eigenvalue weighted by Gasteiger charge is -2.05. The summed E-state index contributed by atoms with van der Waals surface area (Å²) in [5.41, 5.74) is 3.52. The number of thiophene rings is 1. The molecule has 1 amide bonds. The average molecular weight is 332 g/mol. The molecule has 0 aliphatic rings. The maximum Gasteiger partial charge on any atom is 0.225 e. The van der Waals surface area contributed by atoms with Crippen LogP contribution in [0.3, 0.4) is 0 Å². The lowest BCUT2D eigenvalue weighted by molar-refractivity contribution is -0.120. The summed E-state index contributed by atoms with van der Waals surface area (Å²) in [6.45, 7) is 0.395. The van der Waals surface area contributed by atoms with Crippen LogP contribution >= 0.6 is 22.7 Å². The molecule has 0 fully saturated rings. The van der Waals surface area contributed by atoms with Gasteiger partial charge in [0.15, 0.2) is 0 Å². The van der Waals surface area contributed by atoms with Gasteiger partial charge in [0.1, 0.15) is 5.82 Å². The number of nitrogens with one attached hydrogen (secondary N) is 1. The molecule has 3 nitrogen and oxygen atoms in total. The standard InChI is InChI=1S/C16H13FN2OS2/c17-12-5-3-11(4-6-12)9-18-15(20)8-14-16(19-10-22-14)13-2-1-7-21-13/h1-7,10H,8-9H2,(H,18,20). The third-order valence-corrected chi connectivity index (χ3v) is 4.83. The molecule has 0 aliphatic carbocycles. The van der Waals surface area contributed by atoms with Gasteiger partial charge in [-0.05, 0) is 29.1 Å². The van der Waals surface area contributed by atoms with Gasteiger partial charge in [-0.3, -0.25) is 4.79 Å². The van der Waals surface area contributed by atoms with Crippen molar-refractivity contribution in [2.45, 2.75) is 13.0 Å². The summed E-state index contributed by atoms with van der Waals surface area (Å²) >= 11 is 3.10. The van der Waals surface area contributed by atoms with Crippen LogP contribution in [0, 0.1) is 5.82 Å². The van der Waals surface area contributed by atoms with E-state index in [2.05, 4.69) is 10.3 Å². The van der Waals surface area contributed by atoms with Crippen molar-refractivity contribution in [3.8, 4) is 10.6 Å². The molecule has 0 unspecified atom stereocenters. The molecule has 3 rings (SSSR count). The van der Waals surface area contributed by atoms with Gasteiger partial charge in [-0.15, -0.1) is 22.7 Å². The summed E-state index contributed by atoms with van der Waals surface area (Å²) in [5.74, 6) is -0.341. The van der Waals surface area contributed by atoms with E-state index in [4.69, 9.17) is 0 Å². The molecule has 0 saturated carbocycles. The normalized spacial score (nSPS) is 10.6. The molecule has 1 aromatic carbocycles. The van der Waals surface area contributed by atoms with Crippen molar-refractivity contribution in [2.24, 2.45) is 0 Å². The molecule has 6 heteroatoms. The molecule has 0 atom stereocenters. The topological polar surface area (TPSA) is 42.0 Å². The van der Waals surface area contributed by atoms with Crippen molar-refractivity contribution in [1.29, 1.82) is 0 Å². The Labute approximate surface area is 135 Å². The zero-order chi connectivity index (χ0) is 15.4. The first-order valence-electron chi connectivity index (χ1n) is 6.70. The van der Waals surface area contributed by atoms with Gasteiger partial charge in [0, 0.05) is 11.4 Å². The molecule has 0 bridgehead atoms. The van der Waals surface area contributed by atoms with Crippen LogP contribution in [0.15, 0.2) is 47.3 Å². The first-order valence-corrected chi connectivity index (χ1v) is 8.45. The number of aromatic nitrogens is 1. The molecule has 112 valence electrons. The third kappa shape index (κ3) is 3.58. The minimum atomic E-state index is -0.277. The van der Waals surface area contributed by atoms with Crippen LogP contribution < -0.4 is 5.32 Å². The monoisotopic (exact) mass is 332 g/mol. The van der Waals surface area contributed by atoms with Crippen LogP contribution in [0.4, 0.5) is 4.39 Å². The second-order valence-corrected chi connectivity index (χ2v) is 6.57. The first kappa shape index (κ1) is 14.9. The van der Waals surface area contributed by atoms with Gasteiger partial charge in [0.2, 0.25) is 5.91 Å². The predicted molar refractivity (Wildman–Crippen MR) is 87.4 cm³/mol. The fourth-order valence-corrected chi connectivity index (χ4v) is 3.61. The van der Waals surface area contributed by atoms with Gasteiger partial charge >= 0.3 is 0 Å². The minimum Gasteiger partial charge on any atom is -0.352 e. The number of carbonyl (C=O) groups is 1. The Kier molecular flexibility index (Phi) is 4.60. The maximum absolute atomic E-state index is 12.8. The number of hydrogen-bond acceptors (Lipinski definition) is 4. The Morgan fingerprint density at radius 1 is 1.18 bits per heavy atom. The number of rotatable bonds is 5. The second kappa shape index (κ2) is 6.81. The highest BCUT2D eigenvalue weighted by molar-refractivity contribution is 7.14. The molecule has 22 heavy (non-hydrogen) atoms. The molecule has 0 radical (unpaired) electrons. The van der Waals surface area contributed by atoms with Crippen LogP contribution in [0.1, 0.15) is 10.4 Å². The van der Waals surface area contributed by atoms with Crippen LogP contribution in [-0.4, -0.2) is 10.9 Å². The maximum atomic E-state index is 12.8. The molecular weight excluding hydrogens is 319 g/mol.